The normalized spacial score (nSPS) is 16.7. The predicted molar refractivity (Wildman–Crippen MR) is 78.5 cm³/mol. The molecule has 0 bridgehead atoms. The van der Waals surface area contributed by atoms with E-state index in [0.29, 0.717) is 11.1 Å². The van der Waals surface area contributed by atoms with Crippen molar-refractivity contribution in [2.24, 2.45) is 11.7 Å². The Balaban J connectivity index is 2.48. The Hall–Kier alpha value is -1.51. The summed E-state index contributed by atoms with van der Waals surface area (Å²) in [6.07, 6.45) is 1.86. The molecule has 1 aliphatic rings. The van der Waals surface area contributed by atoms with Gasteiger partial charge < -0.3 is 5.73 Å². The van der Waals surface area contributed by atoms with Gasteiger partial charge in [-0.2, -0.15) is 0 Å². The Morgan fingerprint density at radius 3 is 2.43 bits per heavy atom. The van der Waals surface area contributed by atoms with Crippen molar-refractivity contribution in [1.29, 1.82) is 0 Å². The van der Waals surface area contributed by atoms with Gasteiger partial charge in [0.2, 0.25) is 10.0 Å². The highest BCUT2D eigenvalue weighted by molar-refractivity contribution is 7.89. The maximum atomic E-state index is 12.6. The molecule has 3 N–H and O–H groups in total. The van der Waals surface area contributed by atoms with Gasteiger partial charge in [0.1, 0.15) is 0 Å². The number of benzene rings is 1. The van der Waals surface area contributed by atoms with Crippen LogP contribution in [0.3, 0.4) is 0 Å². The lowest BCUT2D eigenvalue weighted by atomic mass is 10.1. The van der Waals surface area contributed by atoms with Crippen molar-refractivity contribution in [1.82, 2.24) is 4.72 Å². The van der Waals surface area contributed by atoms with E-state index >= 15 is 0 Å². The minimum Gasteiger partial charge on any atom is -0.329 e. The molecule has 1 aromatic carbocycles. The molecule has 1 atom stereocenters. The van der Waals surface area contributed by atoms with Crippen LogP contribution in [0.25, 0.3) is 0 Å². The number of sulfonamides is 1. The van der Waals surface area contributed by atoms with Crippen molar-refractivity contribution in [2.45, 2.75) is 37.6 Å². The number of rotatable bonds is 6. The summed E-state index contributed by atoms with van der Waals surface area (Å²) in [7, 11) is -3.98. The molecule has 2 rings (SSSR count). The first-order chi connectivity index (χ1) is 9.77. The van der Waals surface area contributed by atoms with Gasteiger partial charge in [0, 0.05) is 18.2 Å². The van der Waals surface area contributed by atoms with Gasteiger partial charge in [-0.25, -0.2) is 13.1 Å². The van der Waals surface area contributed by atoms with Crippen LogP contribution < -0.4 is 10.5 Å². The number of nitrogens with two attached hydrogens (primary N) is 1. The number of nitrogens with one attached hydrogen (secondary N) is 1. The van der Waals surface area contributed by atoms with Gasteiger partial charge in [0.15, 0.2) is 4.90 Å². The Kier molecular flexibility index (Phi) is 4.31. The van der Waals surface area contributed by atoms with Gasteiger partial charge in [-0.1, -0.05) is 12.1 Å². The molecule has 1 aromatic rings. The molecule has 116 valence electrons. The number of nitro groups is 1. The standard InChI is InChI=1S/C13H19N3O4S/c1-8-3-4-9(2)13(12(8)16(17)18)21(19,20)15-11(7-14)10-5-6-10/h3-4,10-11,15H,5-7,14H2,1-2H3. The second-order valence-corrected chi connectivity index (χ2v) is 7.09. The van der Waals surface area contributed by atoms with Gasteiger partial charge in [-0.15, -0.1) is 0 Å². The summed E-state index contributed by atoms with van der Waals surface area (Å²) in [6, 6.07) is 2.76. The van der Waals surface area contributed by atoms with Gasteiger partial charge in [0.25, 0.3) is 5.69 Å². The Morgan fingerprint density at radius 1 is 1.38 bits per heavy atom. The fraction of sp³-hybridized carbons (Fsp3) is 0.538. The Morgan fingerprint density at radius 2 is 1.95 bits per heavy atom. The topological polar surface area (TPSA) is 115 Å². The SMILES string of the molecule is Cc1ccc(C)c(S(=O)(=O)NC(CN)C2CC2)c1[N+](=O)[O-]. The van der Waals surface area contributed by atoms with E-state index in [1.165, 1.54) is 6.92 Å². The van der Waals surface area contributed by atoms with Crippen LogP contribution in [0.4, 0.5) is 5.69 Å². The van der Waals surface area contributed by atoms with E-state index in [0.717, 1.165) is 12.8 Å². The lowest BCUT2D eigenvalue weighted by Gasteiger charge is -2.17. The zero-order valence-electron chi connectivity index (χ0n) is 12.0. The molecule has 1 fully saturated rings. The Bertz CT molecular complexity index is 668. The van der Waals surface area contributed by atoms with E-state index in [1.807, 2.05) is 0 Å². The van der Waals surface area contributed by atoms with Crippen LogP contribution in [0.15, 0.2) is 17.0 Å². The molecule has 21 heavy (non-hydrogen) atoms. The lowest BCUT2D eigenvalue weighted by Crippen LogP contribution is -2.42. The third-order valence-corrected chi connectivity index (χ3v) is 5.40. The van der Waals surface area contributed by atoms with E-state index < -0.39 is 14.9 Å². The van der Waals surface area contributed by atoms with Crippen molar-refractivity contribution < 1.29 is 13.3 Å². The van der Waals surface area contributed by atoms with Crippen LogP contribution >= 0.6 is 0 Å². The fourth-order valence-corrected chi connectivity index (χ4v) is 4.22. The molecular weight excluding hydrogens is 294 g/mol. The van der Waals surface area contributed by atoms with Crippen LogP contribution in [0.2, 0.25) is 0 Å². The van der Waals surface area contributed by atoms with Crippen LogP contribution in [0.1, 0.15) is 24.0 Å². The first-order valence-electron chi connectivity index (χ1n) is 6.75. The van der Waals surface area contributed by atoms with E-state index in [2.05, 4.69) is 4.72 Å². The highest BCUT2D eigenvalue weighted by Crippen LogP contribution is 2.35. The number of nitro benzene ring substituents is 1. The second kappa shape index (κ2) is 5.70. The molecule has 0 spiro atoms. The molecule has 0 saturated heterocycles. The first-order valence-corrected chi connectivity index (χ1v) is 8.23. The molecule has 0 radical (unpaired) electrons. The van der Waals surface area contributed by atoms with Crippen LogP contribution in [0.5, 0.6) is 0 Å². The molecule has 0 aromatic heterocycles. The van der Waals surface area contributed by atoms with E-state index in [4.69, 9.17) is 5.73 Å². The minimum atomic E-state index is -3.98. The maximum absolute atomic E-state index is 12.6. The monoisotopic (exact) mass is 313 g/mol. The molecule has 0 aliphatic heterocycles. The van der Waals surface area contributed by atoms with Crippen molar-refractivity contribution in [3.8, 4) is 0 Å². The quantitative estimate of drug-likeness (QED) is 0.605. The molecule has 1 aliphatic carbocycles. The largest absolute Gasteiger partial charge is 0.329 e. The summed E-state index contributed by atoms with van der Waals surface area (Å²) in [5.41, 5.74) is 5.91. The molecule has 1 unspecified atom stereocenters. The molecule has 0 heterocycles. The minimum absolute atomic E-state index is 0.183. The molecule has 7 nitrogen and oxygen atoms in total. The summed E-state index contributed by atoms with van der Waals surface area (Å²) in [5.74, 6) is 0.231. The Labute approximate surface area is 123 Å². The molecule has 0 amide bonds. The van der Waals surface area contributed by atoms with Crippen molar-refractivity contribution >= 4 is 15.7 Å². The third-order valence-electron chi connectivity index (χ3n) is 3.73. The van der Waals surface area contributed by atoms with Gasteiger partial charge >= 0.3 is 0 Å². The second-order valence-electron chi connectivity index (χ2n) is 5.44. The number of hydrogen-bond donors (Lipinski definition) is 2. The van der Waals surface area contributed by atoms with Gasteiger partial charge in [0.05, 0.1) is 4.92 Å². The summed E-state index contributed by atoms with van der Waals surface area (Å²) in [6.45, 7) is 3.26. The van der Waals surface area contributed by atoms with Crippen molar-refractivity contribution in [2.75, 3.05) is 6.54 Å². The molecule has 1 saturated carbocycles. The zero-order valence-corrected chi connectivity index (χ0v) is 12.8. The van der Waals surface area contributed by atoms with Crippen molar-refractivity contribution in [3.05, 3.63) is 33.4 Å². The maximum Gasteiger partial charge on any atom is 0.292 e. The third kappa shape index (κ3) is 3.22. The number of nitrogens with zero attached hydrogens (tertiary/aromatic N) is 1. The first kappa shape index (κ1) is 15.9. The average Bonchev–Trinajstić information content (AvgIpc) is 3.22. The van der Waals surface area contributed by atoms with Crippen LogP contribution in [-0.4, -0.2) is 25.9 Å². The molecule has 8 heteroatoms. The highest BCUT2D eigenvalue weighted by atomic mass is 32.2. The summed E-state index contributed by atoms with van der Waals surface area (Å²) < 4.78 is 27.6. The van der Waals surface area contributed by atoms with Crippen LogP contribution in [-0.2, 0) is 10.0 Å². The van der Waals surface area contributed by atoms with Crippen LogP contribution in [0, 0.1) is 29.9 Å². The van der Waals surface area contributed by atoms with Gasteiger partial charge in [-0.3, -0.25) is 10.1 Å². The highest BCUT2D eigenvalue weighted by Gasteiger charge is 2.36. The number of hydrogen-bond acceptors (Lipinski definition) is 5. The summed E-state index contributed by atoms with van der Waals surface area (Å²) in [5, 5.41) is 11.2. The smallest absolute Gasteiger partial charge is 0.292 e. The van der Waals surface area contributed by atoms with Crippen molar-refractivity contribution in [3.63, 3.8) is 0 Å². The van der Waals surface area contributed by atoms with Gasteiger partial charge in [-0.05, 0) is 38.2 Å². The number of aryl methyl sites for hydroxylation is 2. The fourth-order valence-electron chi connectivity index (χ4n) is 2.43. The average molecular weight is 313 g/mol. The molecular formula is C13H19N3O4S. The van der Waals surface area contributed by atoms with E-state index in [1.54, 1.807) is 19.1 Å². The van der Waals surface area contributed by atoms with E-state index in [-0.39, 0.29) is 29.1 Å². The summed E-state index contributed by atoms with van der Waals surface area (Å²) >= 11 is 0. The predicted octanol–water partition coefficient (Wildman–Crippen LogP) is 1.23. The lowest BCUT2D eigenvalue weighted by molar-refractivity contribution is -0.388. The van der Waals surface area contributed by atoms with E-state index in [9.17, 15) is 18.5 Å². The summed E-state index contributed by atoms with van der Waals surface area (Å²) in [4.78, 5) is 10.3. The zero-order chi connectivity index (χ0) is 15.8.